The molecular weight excluding hydrogens is 240 g/mol. The van der Waals surface area contributed by atoms with Gasteiger partial charge in [-0.05, 0) is 39.9 Å². The summed E-state index contributed by atoms with van der Waals surface area (Å²) in [5.74, 6) is 0.951. The van der Waals surface area contributed by atoms with Gasteiger partial charge in [-0.3, -0.25) is 0 Å². The molecule has 1 rings (SSSR count). The van der Waals surface area contributed by atoms with E-state index in [-0.39, 0.29) is 0 Å². The van der Waals surface area contributed by atoms with Gasteiger partial charge >= 0.3 is 0 Å². The lowest BCUT2D eigenvalue weighted by atomic mass is 10.1. The highest BCUT2D eigenvalue weighted by Gasteiger charge is 2.21. The smallest absolute Gasteiger partial charge is 0.223 e. The van der Waals surface area contributed by atoms with E-state index in [0.717, 1.165) is 11.4 Å². The fourth-order valence-electron chi connectivity index (χ4n) is 1.97. The third-order valence-electron chi connectivity index (χ3n) is 2.75. The first-order valence-corrected chi connectivity index (χ1v) is 6.66. The largest absolute Gasteiger partial charge is 0.387 e. The molecule has 108 valence electrons. The van der Waals surface area contributed by atoms with Crippen molar-refractivity contribution in [1.29, 1.82) is 0 Å². The topological polar surface area (TPSA) is 61.3 Å². The van der Waals surface area contributed by atoms with Crippen LogP contribution in [0.4, 0.5) is 5.95 Å². The molecule has 0 saturated carbocycles. The van der Waals surface area contributed by atoms with Gasteiger partial charge in [0, 0.05) is 24.5 Å². The molecule has 0 fully saturated rings. The summed E-state index contributed by atoms with van der Waals surface area (Å²) in [5.41, 5.74) is 1.14. The van der Waals surface area contributed by atoms with Gasteiger partial charge in [0.05, 0.1) is 5.60 Å². The van der Waals surface area contributed by atoms with Gasteiger partial charge in [0.1, 0.15) is 0 Å². The first-order chi connectivity index (χ1) is 8.69. The van der Waals surface area contributed by atoms with Crippen LogP contribution in [0.1, 0.15) is 38.1 Å². The molecule has 0 bridgehead atoms. The summed E-state index contributed by atoms with van der Waals surface area (Å²) >= 11 is 0. The average molecular weight is 266 g/mol. The van der Waals surface area contributed by atoms with Crippen LogP contribution >= 0.6 is 0 Å². The van der Waals surface area contributed by atoms with Gasteiger partial charge in [-0.15, -0.1) is 0 Å². The Labute approximate surface area is 116 Å². The lowest BCUT2D eigenvalue weighted by Crippen LogP contribution is -2.43. The third-order valence-corrected chi connectivity index (χ3v) is 2.75. The van der Waals surface area contributed by atoms with Crippen LogP contribution in [-0.4, -0.2) is 52.8 Å². The highest BCUT2D eigenvalue weighted by molar-refractivity contribution is 5.29. The maximum Gasteiger partial charge on any atom is 0.223 e. The first kappa shape index (κ1) is 15.9. The van der Waals surface area contributed by atoms with Crippen LogP contribution in [-0.2, 0) is 0 Å². The quantitative estimate of drug-likeness (QED) is 0.819. The molecule has 1 unspecified atom stereocenters. The summed E-state index contributed by atoms with van der Waals surface area (Å²) in [6.07, 6.45) is 0. The molecule has 0 aromatic carbocycles. The molecule has 0 spiro atoms. The minimum Gasteiger partial charge on any atom is -0.387 e. The maximum atomic E-state index is 10.2. The summed E-state index contributed by atoms with van der Waals surface area (Å²) in [6.45, 7) is 8.98. The highest BCUT2D eigenvalue weighted by atomic mass is 16.3. The summed E-state index contributed by atoms with van der Waals surface area (Å²) < 4.78 is 0. The number of anilines is 1. The Morgan fingerprint density at radius 3 is 2.53 bits per heavy atom. The molecule has 0 aliphatic rings. The number of rotatable bonds is 6. The molecular formula is C14H26N4O. The van der Waals surface area contributed by atoms with E-state index in [1.807, 2.05) is 32.0 Å². The number of nitrogens with zero attached hydrogens (tertiary/aromatic N) is 3. The minimum absolute atomic E-state index is 0.365. The van der Waals surface area contributed by atoms with Crippen molar-refractivity contribution in [3.63, 3.8) is 0 Å². The summed E-state index contributed by atoms with van der Waals surface area (Å²) in [4.78, 5) is 10.8. The SMILES string of the molecule is Cc1cc(C(C)C)nc(NCC(C)(O)CN(C)C)n1. The number of aliphatic hydroxyl groups is 1. The number of likely N-dealkylation sites (N-methyl/N-ethyl adjacent to an activating group) is 1. The van der Waals surface area contributed by atoms with Crippen molar-refractivity contribution in [3.05, 3.63) is 17.5 Å². The molecule has 1 atom stereocenters. The van der Waals surface area contributed by atoms with Crippen LogP contribution in [0.3, 0.4) is 0 Å². The zero-order chi connectivity index (χ0) is 14.6. The maximum absolute atomic E-state index is 10.2. The van der Waals surface area contributed by atoms with E-state index < -0.39 is 5.60 Å². The van der Waals surface area contributed by atoms with Crippen molar-refractivity contribution in [2.75, 3.05) is 32.5 Å². The fraction of sp³-hybridized carbons (Fsp3) is 0.714. The molecule has 1 heterocycles. The van der Waals surface area contributed by atoms with E-state index in [4.69, 9.17) is 0 Å². The normalized spacial score (nSPS) is 14.8. The van der Waals surface area contributed by atoms with Crippen molar-refractivity contribution in [2.45, 2.75) is 39.2 Å². The molecule has 5 nitrogen and oxygen atoms in total. The summed E-state index contributed by atoms with van der Waals surface area (Å²) in [6, 6.07) is 1.99. The highest BCUT2D eigenvalue weighted by Crippen LogP contribution is 2.15. The van der Waals surface area contributed by atoms with E-state index in [1.165, 1.54) is 0 Å². The molecule has 0 aliphatic carbocycles. The van der Waals surface area contributed by atoms with E-state index >= 15 is 0 Å². The first-order valence-electron chi connectivity index (χ1n) is 6.66. The van der Waals surface area contributed by atoms with E-state index in [9.17, 15) is 5.11 Å². The van der Waals surface area contributed by atoms with Crippen molar-refractivity contribution < 1.29 is 5.11 Å². The number of aromatic nitrogens is 2. The average Bonchev–Trinajstić information content (AvgIpc) is 2.24. The van der Waals surface area contributed by atoms with Crippen molar-refractivity contribution >= 4 is 5.95 Å². The number of aryl methyl sites for hydroxylation is 1. The van der Waals surface area contributed by atoms with Gasteiger partial charge in [0.25, 0.3) is 0 Å². The zero-order valence-electron chi connectivity index (χ0n) is 12.9. The standard InChI is InChI=1S/C14H26N4O/c1-10(2)12-7-11(3)16-13(17-12)15-8-14(4,19)9-18(5)6/h7,10,19H,8-9H2,1-6H3,(H,15,16,17). The van der Waals surface area contributed by atoms with Gasteiger partial charge in [-0.1, -0.05) is 13.8 Å². The van der Waals surface area contributed by atoms with Crippen LogP contribution in [0.15, 0.2) is 6.07 Å². The monoisotopic (exact) mass is 266 g/mol. The van der Waals surface area contributed by atoms with Crippen molar-refractivity contribution in [2.24, 2.45) is 0 Å². The predicted octanol–water partition coefficient (Wildman–Crippen LogP) is 1.63. The Hall–Kier alpha value is -1.20. The second-order valence-electron chi connectivity index (χ2n) is 6.00. The second kappa shape index (κ2) is 6.30. The van der Waals surface area contributed by atoms with E-state index in [2.05, 4.69) is 29.1 Å². The molecule has 0 aliphatic heterocycles. The minimum atomic E-state index is -0.811. The van der Waals surface area contributed by atoms with E-state index in [1.54, 1.807) is 6.92 Å². The van der Waals surface area contributed by atoms with Gasteiger partial charge in [-0.2, -0.15) is 0 Å². The Balaban J connectivity index is 2.72. The lowest BCUT2D eigenvalue weighted by Gasteiger charge is -2.27. The molecule has 19 heavy (non-hydrogen) atoms. The van der Waals surface area contributed by atoms with Crippen molar-refractivity contribution in [3.8, 4) is 0 Å². The molecule has 0 radical (unpaired) electrons. The van der Waals surface area contributed by atoms with Gasteiger partial charge in [0.2, 0.25) is 5.95 Å². The van der Waals surface area contributed by atoms with Crippen LogP contribution in [0.5, 0.6) is 0 Å². The number of hydrogen-bond acceptors (Lipinski definition) is 5. The Morgan fingerprint density at radius 2 is 2.00 bits per heavy atom. The van der Waals surface area contributed by atoms with Gasteiger partial charge in [0.15, 0.2) is 0 Å². The fourth-order valence-corrected chi connectivity index (χ4v) is 1.97. The number of hydrogen-bond donors (Lipinski definition) is 2. The van der Waals surface area contributed by atoms with Crippen LogP contribution in [0.25, 0.3) is 0 Å². The van der Waals surface area contributed by atoms with Gasteiger partial charge in [-0.25, -0.2) is 9.97 Å². The molecule has 1 aromatic rings. The van der Waals surface area contributed by atoms with Crippen molar-refractivity contribution in [1.82, 2.24) is 14.9 Å². The lowest BCUT2D eigenvalue weighted by molar-refractivity contribution is 0.0458. The predicted molar refractivity (Wildman–Crippen MR) is 78.5 cm³/mol. The zero-order valence-corrected chi connectivity index (χ0v) is 12.9. The Kier molecular flexibility index (Phi) is 5.26. The van der Waals surface area contributed by atoms with Crippen LogP contribution < -0.4 is 5.32 Å². The molecule has 1 aromatic heterocycles. The molecule has 5 heteroatoms. The number of nitrogens with one attached hydrogen (secondary N) is 1. The van der Waals surface area contributed by atoms with Crippen LogP contribution in [0.2, 0.25) is 0 Å². The third kappa shape index (κ3) is 5.53. The molecule has 0 saturated heterocycles. The second-order valence-corrected chi connectivity index (χ2v) is 6.00. The summed E-state index contributed by atoms with van der Waals surface area (Å²) in [7, 11) is 3.88. The van der Waals surface area contributed by atoms with Crippen LogP contribution in [0, 0.1) is 6.92 Å². The Bertz CT molecular complexity index is 416. The summed E-state index contributed by atoms with van der Waals surface area (Å²) in [5, 5.41) is 13.4. The van der Waals surface area contributed by atoms with Gasteiger partial charge < -0.3 is 15.3 Å². The Morgan fingerprint density at radius 1 is 1.37 bits per heavy atom. The molecule has 2 N–H and O–H groups in total. The molecule has 0 amide bonds. The van der Waals surface area contributed by atoms with E-state index in [0.29, 0.717) is 25.0 Å².